The van der Waals surface area contributed by atoms with Crippen molar-refractivity contribution >= 4 is 23.2 Å². The molecular weight excluding hydrogens is 335 g/mol. The molecule has 2 heterocycles. The van der Waals surface area contributed by atoms with Crippen molar-refractivity contribution in [3.05, 3.63) is 0 Å². The maximum absolute atomic E-state index is 6.09. The molecule has 4 unspecified atom stereocenters. The summed E-state index contributed by atoms with van der Waals surface area (Å²) in [5.41, 5.74) is 0. The Hall–Kier alpha value is 0.460. The Morgan fingerprint density at radius 3 is 1.61 bits per heavy atom. The van der Waals surface area contributed by atoms with Crippen molar-refractivity contribution < 1.29 is 14.2 Å². The molecular formula is C18H32Cl2O3. The molecule has 136 valence electrons. The Bertz CT molecular complexity index is 264. The predicted molar refractivity (Wildman–Crippen MR) is 95.7 cm³/mol. The van der Waals surface area contributed by atoms with E-state index in [9.17, 15) is 0 Å². The van der Waals surface area contributed by atoms with Gasteiger partial charge in [0.15, 0.2) is 0 Å². The fraction of sp³-hybridized carbons (Fsp3) is 1.00. The Balaban J connectivity index is 1.75. The van der Waals surface area contributed by atoms with Crippen LogP contribution in [-0.2, 0) is 14.2 Å². The van der Waals surface area contributed by atoms with Gasteiger partial charge in [0, 0.05) is 36.8 Å². The van der Waals surface area contributed by atoms with Crippen LogP contribution in [0.25, 0.3) is 0 Å². The normalized spacial score (nSPS) is 28.4. The van der Waals surface area contributed by atoms with Gasteiger partial charge in [0.05, 0.1) is 25.4 Å². The van der Waals surface area contributed by atoms with E-state index in [0.717, 1.165) is 52.1 Å². The Labute approximate surface area is 151 Å². The molecule has 0 saturated carbocycles. The Morgan fingerprint density at radius 2 is 1.26 bits per heavy atom. The molecule has 2 aliphatic heterocycles. The van der Waals surface area contributed by atoms with E-state index in [2.05, 4.69) is 0 Å². The van der Waals surface area contributed by atoms with E-state index in [4.69, 9.17) is 37.4 Å². The molecule has 3 nitrogen and oxygen atoms in total. The van der Waals surface area contributed by atoms with E-state index in [-0.39, 0.29) is 0 Å². The van der Waals surface area contributed by atoms with Crippen LogP contribution in [0.5, 0.6) is 0 Å². The second-order valence-electron chi connectivity index (χ2n) is 6.82. The summed E-state index contributed by atoms with van der Waals surface area (Å²) in [7, 11) is 0. The van der Waals surface area contributed by atoms with E-state index in [0.29, 0.717) is 35.8 Å². The Kier molecular flexibility index (Phi) is 10.2. The molecule has 0 bridgehead atoms. The van der Waals surface area contributed by atoms with Gasteiger partial charge in [-0.05, 0) is 51.4 Å². The lowest BCUT2D eigenvalue weighted by Gasteiger charge is -2.32. The smallest absolute Gasteiger partial charge is 0.0625 e. The van der Waals surface area contributed by atoms with Crippen molar-refractivity contribution in [3.63, 3.8) is 0 Å². The van der Waals surface area contributed by atoms with Crippen LogP contribution in [0.3, 0.4) is 0 Å². The van der Waals surface area contributed by atoms with Crippen LogP contribution < -0.4 is 0 Å². The largest absolute Gasteiger partial charge is 0.381 e. The molecule has 23 heavy (non-hydrogen) atoms. The van der Waals surface area contributed by atoms with E-state index >= 15 is 0 Å². The van der Waals surface area contributed by atoms with Crippen LogP contribution in [0.2, 0.25) is 0 Å². The fourth-order valence-electron chi connectivity index (χ4n) is 3.68. The number of alkyl halides is 2. The maximum Gasteiger partial charge on any atom is 0.0625 e. The molecule has 5 heteroatoms. The molecule has 0 aromatic carbocycles. The first-order valence-electron chi connectivity index (χ1n) is 9.28. The number of hydrogen-bond acceptors (Lipinski definition) is 3. The van der Waals surface area contributed by atoms with Crippen LogP contribution in [-0.4, -0.2) is 50.4 Å². The van der Waals surface area contributed by atoms with Crippen molar-refractivity contribution in [2.45, 2.75) is 63.6 Å². The van der Waals surface area contributed by atoms with Gasteiger partial charge in [0.25, 0.3) is 0 Å². The van der Waals surface area contributed by atoms with Crippen LogP contribution in [0, 0.1) is 11.8 Å². The van der Waals surface area contributed by atoms with E-state index in [1.165, 1.54) is 25.7 Å². The van der Waals surface area contributed by atoms with Gasteiger partial charge in [-0.25, -0.2) is 0 Å². The number of rotatable bonds is 10. The third-order valence-electron chi connectivity index (χ3n) is 5.11. The summed E-state index contributed by atoms with van der Waals surface area (Å²) in [6.45, 7) is 3.24. The molecule has 0 radical (unpaired) electrons. The standard InChI is InChI=1S/C18H32Cl2O3/c19-9-7-15(17-5-1-3-11-22-17)13-21-14-16(8-10-20)18-6-2-4-12-23-18/h15-18H,1-14H2. The summed E-state index contributed by atoms with van der Waals surface area (Å²) in [5, 5.41) is 0. The zero-order valence-electron chi connectivity index (χ0n) is 14.2. The summed E-state index contributed by atoms with van der Waals surface area (Å²) in [6, 6.07) is 0. The van der Waals surface area contributed by atoms with Gasteiger partial charge in [-0.15, -0.1) is 23.2 Å². The van der Waals surface area contributed by atoms with Gasteiger partial charge in [0.1, 0.15) is 0 Å². The fourth-order valence-corrected chi connectivity index (χ4v) is 4.24. The average Bonchev–Trinajstić information content (AvgIpc) is 2.61. The van der Waals surface area contributed by atoms with Crippen molar-refractivity contribution in [1.82, 2.24) is 0 Å². The zero-order valence-corrected chi connectivity index (χ0v) is 15.7. The highest BCUT2D eigenvalue weighted by Gasteiger charge is 2.27. The zero-order chi connectivity index (χ0) is 16.3. The minimum absolute atomic E-state index is 0.319. The van der Waals surface area contributed by atoms with Gasteiger partial charge >= 0.3 is 0 Å². The molecule has 0 spiro atoms. The first-order chi connectivity index (χ1) is 11.3. The monoisotopic (exact) mass is 366 g/mol. The van der Waals surface area contributed by atoms with Crippen LogP contribution in [0.4, 0.5) is 0 Å². The first-order valence-corrected chi connectivity index (χ1v) is 10.3. The lowest BCUT2D eigenvalue weighted by atomic mass is 9.93. The molecule has 2 aliphatic rings. The summed E-state index contributed by atoms with van der Waals surface area (Å²) < 4.78 is 18.0. The molecule has 4 atom stereocenters. The highest BCUT2D eigenvalue weighted by Crippen LogP contribution is 2.26. The summed E-state index contributed by atoms with van der Waals surface area (Å²) in [5.74, 6) is 2.17. The maximum atomic E-state index is 6.09. The second kappa shape index (κ2) is 11.9. The lowest BCUT2D eigenvalue weighted by Crippen LogP contribution is -2.34. The molecule has 0 N–H and O–H groups in total. The third-order valence-corrected chi connectivity index (χ3v) is 5.54. The van der Waals surface area contributed by atoms with Gasteiger partial charge < -0.3 is 14.2 Å². The topological polar surface area (TPSA) is 27.7 Å². The molecule has 0 aromatic rings. The molecule has 2 fully saturated rings. The van der Waals surface area contributed by atoms with Crippen LogP contribution >= 0.6 is 23.2 Å². The van der Waals surface area contributed by atoms with Crippen molar-refractivity contribution in [2.24, 2.45) is 11.8 Å². The second-order valence-corrected chi connectivity index (χ2v) is 7.58. The highest BCUT2D eigenvalue weighted by molar-refractivity contribution is 6.18. The van der Waals surface area contributed by atoms with Gasteiger partial charge in [-0.1, -0.05) is 0 Å². The number of hydrogen-bond donors (Lipinski definition) is 0. The SMILES string of the molecule is ClCCC(COCC(CCCl)C1CCCCO1)C1CCCCO1. The van der Waals surface area contributed by atoms with E-state index < -0.39 is 0 Å². The van der Waals surface area contributed by atoms with Crippen LogP contribution in [0.1, 0.15) is 51.4 Å². The molecule has 0 aliphatic carbocycles. The summed E-state index contributed by atoms with van der Waals surface area (Å²) in [4.78, 5) is 0. The van der Waals surface area contributed by atoms with Crippen LogP contribution in [0.15, 0.2) is 0 Å². The van der Waals surface area contributed by atoms with Crippen molar-refractivity contribution in [3.8, 4) is 0 Å². The summed E-state index contributed by atoms with van der Waals surface area (Å²) in [6.07, 6.45) is 9.73. The Morgan fingerprint density at radius 1 is 0.783 bits per heavy atom. The lowest BCUT2D eigenvalue weighted by molar-refractivity contribution is -0.0733. The van der Waals surface area contributed by atoms with E-state index in [1.54, 1.807) is 0 Å². The first kappa shape index (κ1) is 19.8. The molecule has 0 aromatic heterocycles. The number of ether oxygens (including phenoxy) is 3. The van der Waals surface area contributed by atoms with Gasteiger partial charge in [-0.3, -0.25) is 0 Å². The number of halogens is 2. The third kappa shape index (κ3) is 7.07. The van der Waals surface area contributed by atoms with Gasteiger partial charge in [-0.2, -0.15) is 0 Å². The van der Waals surface area contributed by atoms with Crippen molar-refractivity contribution in [1.29, 1.82) is 0 Å². The average molecular weight is 367 g/mol. The van der Waals surface area contributed by atoms with Crippen molar-refractivity contribution in [2.75, 3.05) is 38.2 Å². The molecule has 2 rings (SSSR count). The molecule has 2 saturated heterocycles. The highest BCUT2D eigenvalue weighted by atomic mass is 35.5. The van der Waals surface area contributed by atoms with Gasteiger partial charge in [0.2, 0.25) is 0 Å². The minimum Gasteiger partial charge on any atom is -0.381 e. The molecule has 0 amide bonds. The quantitative estimate of drug-likeness (QED) is 0.527. The summed E-state index contributed by atoms with van der Waals surface area (Å²) >= 11 is 12.0. The van der Waals surface area contributed by atoms with E-state index in [1.807, 2.05) is 0 Å². The predicted octanol–water partition coefficient (Wildman–Crippen LogP) is 4.63. The minimum atomic E-state index is 0.319.